The van der Waals surface area contributed by atoms with Gasteiger partial charge in [-0.15, -0.1) is 0 Å². The number of hydrogen-bond donors (Lipinski definition) is 1. The molecule has 0 aliphatic heterocycles. The first-order valence-electron chi connectivity index (χ1n) is 6.27. The highest BCUT2D eigenvalue weighted by molar-refractivity contribution is 9.10. The van der Waals surface area contributed by atoms with Crippen LogP contribution in [0.1, 0.15) is 24.2 Å². The third-order valence-corrected chi connectivity index (χ3v) is 3.34. The molecule has 6 heteroatoms. The van der Waals surface area contributed by atoms with E-state index in [4.69, 9.17) is 4.74 Å². The average Bonchev–Trinajstić information content (AvgIpc) is 2.39. The Morgan fingerprint density at radius 2 is 2.20 bits per heavy atom. The van der Waals surface area contributed by atoms with E-state index in [0.29, 0.717) is 33.2 Å². The summed E-state index contributed by atoms with van der Waals surface area (Å²) in [4.78, 5) is 16.2. The van der Waals surface area contributed by atoms with E-state index in [-0.39, 0.29) is 6.61 Å². The third-order valence-electron chi connectivity index (χ3n) is 2.74. The second kappa shape index (κ2) is 6.17. The molecule has 0 amide bonds. The number of carbonyl (C=O) groups is 1. The Bertz CT molecular complexity index is 661. The number of nitrogens with one attached hydrogen (secondary N) is 1. The van der Waals surface area contributed by atoms with Gasteiger partial charge in [-0.1, -0.05) is 0 Å². The van der Waals surface area contributed by atoms with Gasteiger partial charge in [-0.2, -0.15) is 0 Å². The summed E-state index contributed by atoms with van der Waals surface area (Å²) in [6.07, 6.45) is 1.45. The molecule has 0 unspecified atom stereocenters. The van der Waals surface area contributed by atoms with Crippen molar-refractivity contribution in [2.75, 3.05) is 18.5 Å². The zero-order chi connectivity index (χ0) is 14.7. The SMILES string of the molecule is CCNc1c(C(=O)OCC)cnc2c(Br)cc(F)cc12. The summed E-state index contributed by atoms with van der Waals surface area (Å²) in [5.41, 5.74) is 1.44. The van der Waals surface area contributed by atoms with Crippen molar-refractivity contribution in [1.29, 1.82) is 0 Å². The molecule has 1 N–H and O–H groups in total. The molecule has 0 atom stereocenters. The first kappa shape index (κ1) is 14.7. The molecule has 0 aliphatic rings. The zero-order valence-corrected chi connectivity index (χ0v) is 12.8. The van der Waals surface area contributed by atoms with Gasteiger partial charge in [-0.25, -0.2) is 9.18 Å². The molecule has 1 aromatic heterocycles. The third kappa shape index (κ3) is 2.75. The number of esters is 1. The van der Waals surface area contributed by atoms with E-state index in [1.807, 2.05) is 6.92 Å². The number of ether oxygens (including phenoxy) is 1. The largest absolute Gasteiger partial charge is 0.462 e. The van der Waals surface area contributed by atoms with Crippen LogP contribution < -0.4 is 5.32 Å². The van der Waals surface area contributed by atoms with Gasteiger partial charge < -0.3 is 10.1 Å². The molecule has 1 aromatic carbocycles. The predicted octanol–water partition coefficient (Wildman–Crippen LogP) is 3.74. The topological polar surface area (TPSA) is 51.2 Å². The Hall–Kier alpha value is -1.69. The highest BCUT2D eigenvalue weighted by atomic mass is 79.9. The molecule has 2 rings (SSSR count). The highest BCUT2D eigenvalue weighted by Gasteiger charge is 2.17. The van der Waals surface area contributed by atoms with Crippen molar-refractivity contribution < 1.29 is 13.9 Å². The van der Waals surface area contributed by atoms with Gasteiger partial charge in [-0.3, -0.25) is 4.98 Å². The Morgan fingerprint density at radius 1 is 1.45 bits per heavy atom. The maximum atomic E-state index is 13.6. The van der Waals surface area contributed by atoms with Crippen LogP contribution in [0.15, 0.2) is 22.8 Å². The Morgan fingerprint density at radius 3 is 2.85 bits per heavy atom. The van der Waals surface area contributed by atoms with Crippen LogP contribution in [0.2, 0.25) is 0 Å². The van der Waals surface area contributed by atoms with E-state index in [9.17, 15) is 9.18 Å². The van der Waals surface area contributed by atoms with E-state index in [1.54, 1.807) is 6.92 Å². The van der Waals surface area contributed by atoms with Gasteiger partial charge in [0.1, 0.15) is 11.4 Å². The molecule has 0 saturated heterocycles. The number of nitrogens with zero attached hydrogens (tertiary/aromatic N) is 1. The smallest absolute Gasteiger partial charge is 0.341 e. The molecule has 0 aliphatic carbocycles. The van der Waals surface area contributed by atoms with Gasteiger partial charge in [0.2, 0.25) is 0 Å². The number of carbonyl (C=O) groups excluding carboxylic acids is 1. The number of halogens is 2. The predicted molar refractivity (Wildman–Crippen MR) is 79.5 cm³/mol. The van der Waals surface area contributed by atoms with Crippen LogP contribution in [-0.4, -0.2) is 24.1 Å². The van der Waals surface area contributed by atoms with Crippen molar-refractivity contribution >= 4 is 38.5 Å². The molecular weight excluding hydrogens is 327 g/mol. The van der Waals surface area contributed by atoms with Crippen LogP contribution in [0, 0.1) is 5.82 Å². The van der Waals surface area contributed by atoms with Crippen molar-refractivity contribution in [3.63, 3.8) is 0 Å². The maximum Gasteiger partial charge on any atom is 0.341 e. The molecule has 0 radical (unpaired) electrons. The van der Waals surface area contributed by atoms with Gasteiger partial charge >= 0.3 is 5.97 Å². The lowest BCUT2D eigenvalue weighted by Crippen LogP contribution is -2.11. The molecule has 0 fully saturated rings. The fourth-order valence-corrected chi connectivity index (χ4v) is 2.49. The fraction of sp³-hybridized carbons (Fsp3) is 0.286. The standard InChI is InChI=1S/C14H14BrFN2O2/c1-3-17-12-9-5-8(16)6-11(15)13(9)18-7-10(12)14(19)20-4-2/h5-7H,3-4H2,1-2H3,(H,17,18). The minimum atomic E-state index is -0.474. The van der Waals surface area contributed by atoms with E-state index in [1.165, 1.54) is 18.3 Å². The Balaban J connectivity index is 2.71. The monoisotopic (exact) mass is 340 g/mol. The second-order valence-corrected chi connectivity index (χ2v) is 4.94. The van der Waals surface area contributed by atoms with Gasteiger partial charge in [0.05, 0.1) is 17.8 Å². The molecule has 2 aromatic rings. The zero-order valence-electron chi connectivity index (χ0n) is 11.2. The van der Waals surface area contributed by atoms with E-state index in [2.05, 4.69) is 26.2 Å². The summed E-state index contributed by atoms with van der Waals surface area (Å²) in [6, 6.07) is 2.70. The van der Waals surface area contributed by atoms with E-state index in [0.717, 1.165) is 0 Å². The summed E-state index contributed by atoms with van der Waals surface area (Å²) in [5.74, 6) is -0.871. The lowest BCUT2D eigenvalue weighted by Gasteiger charge is -2.13. The number of rotatable bonds is 4. The number of hydrogen-bond acceptors (Lipinski definition) is 4. The minimum Gasteiger partial charge on any atom is -0.462 e. The summed E-state index contributed by atoms with van der Waals surface area (Å²) in [5, 5.41) is 3.63. The summed E-state index contributed by atoms with van der Waals surface area (Å²) in [7, 11) is 0. The van der Waals surface area contributed by atoms with E-state index < -0.39 is 11.8 Å². The van der Waals surface area contributed by atoms with Crippen LogP contribution in [-0.2, 0) is 4.74 Å². The Kier molecular flexibility index (Phi) is 4.54. The summed E-state index contributed by atoms with van der Waals surface area (Å²) < 4.78 is 19.1. The molecule has 1 heterocycles. The first-order valence-corrected chi connectivity index (χ1v) is 7.06. The number of pyridine rings is 1. The van der Waals surface area contributed by atoms with E-state index >= 15 is 0 Å². The molecular formula is C14H14BrFN2O2. The fourth-order valence-electron chi connectivity index (χ4n) is 1.96. The van der Waals surface area contributed by atoms with Crippen molar-refractivity contribution in [3.8, 4) is 0 Å². The number of benzene rings is 1. The van der Waals surface area contributed by atoms with Crippen molar-refractivity contribution in [2.45, 2.75) is 13.8 Å². The number of aromatic nitrogens is 1. The lowest BCUT2D eigenvalue weighted by molar-refractivity contribution is 0.0527. The van der Waals surface area contributed by atoms with Crippen LogP contribution in [0.3, 0.4) is 0 Å². The first-order chi connectivity index (χ1) is 9.58. The van der Waals surface area contributed by atoms with Crippen molar-refractivity contribution in [3.05, 3.63) is 34.2 Å². The van der Waals surface area contributed by atoms with Crippen LogP contribution in [0.25, 0.3) is 10.9 Å². The number of fused-ring (bicyclic) bond motifs is 1. The van der Waals surface area contributed by atoms with Gasteiger partial charge in [-0.05, 0) is 41.9 Å². The molecule has 0 spiro atoms. The molecule has 0 bridgehead atoms. The van der Waals surface area contributed by atoms with Crippen molar-refractivity contribution in [2.24, 2.45) is 0 Å². The van der Waals surface area contributed by atoms with Gasteiger partial charge in [0.25, 0.3) is 0 Å². The second-order valence-electron chi connectivity index (χ2n) is 4.08. The molecule has 4 nitrogen and oxygen atoms in total. The van der Waals surface area contributed by atoms with Crippen LogP contribution in [0.5, 0.6) is 0 Å². The quantitative estimate of drug-likeness (QED) is 0.861. The number of anilines is 1. The average molecular weight is 341 g/mol. The highest BCUT2D eigenvalue weighted by Crippen LogP contribution is 2.31. The molecule has 106 valence electrons. The van der Waals surface area contributed by atoms with Gasteiger partial charge in [0, 0.05) is 22.6 Å². The summed E-state index contributed by atoms with van der Waals surface area (Å²) in [6.45, 7) is 4.50. The lowest BCUT2D eigenvalue weighted by atomic mass is 10.1. The van der Waals surface area contributed by atoms with Crippen LogP contribution >= 0.6 is 15.9 Å². The Labute approximate surface area is 124 Å². The summed E-state index contributed by atoms with van der Waals surface area (Å²) >= 11 is 3.28. The van der Waals surface area contributed by atoms with Crippen molar-refractivity contribution in [1.82, 2.24) is 4.98 Å². The maximum absolute atomic E-state index is 13.6. The van der Waals surface area contributed by atoms with Gasteiger partial charge in [0.15, 0.2) is 0 Å². The molecule has 20 heavy (non-hydrogen) atoms. The van der Waals surface area contributed by atoms with Crippen LogP contribution in [0.4, 0.5) is 10.1 Å². The minimum absolute atomic E-state index is 0.273. The molecule has 0 saturated carbocycles. The normalized spacial score (nSPS) is 10.6.